The number of hydrogen-bond acceptors (Lipinski definition) is 8. The van der Waals surface area contributed by atoms with Crippen LogP contribution in [0.25, 0.3) is 0 Å². The van der Waals surface area contributed by atoms with Crippen molar-refractivity contribution in [1.29, 1.82) is 0 Å². The van der Waals surface area contributed by atoms with Gasteiger partial charge in [-0.1, -0.05) is 159 Å². The maximum absolute atomic E-state index is 12.8. The van der Waals surface area contributed by atoms with E-state index in [1.54, 1.807) is 0 Å². The highest BCUT2D eigenvalue weighted by Gasteiger charge is 2.21. The molecule has 9 heteroatoms. The first-order chi connectivity index (χ1) is 28.1. The lowest BCUT2D eigenvalue weighted by Gasteiger charge is -2.26. The van der Waals surface area contributed by atoms with Crippen molar-refractivity contribution in [2.45, 2.75) is 212 Å². The maximum atomic E-state index is 12.8. The zero-order chi connectivity index (χ0) is 42.8. The summed E-state index contributed by atoms with van der Waals surface area (Å²) in [6.07, 6.45) is 43.3. The van der Waals surface area contributed by atoms with Crippen molar-refractivity contribution < 1.29 is 42.9 Å². The van der Waals surface area contributed by atoms with Crippen molar-refractivity contribution in [2.75, 3.05) is 47.5 Å². The van der Waals surface area contributed by atoms with Gasteiger partial charge < -0.3 is 33.3 Å². The molecule has 9 nitrogen and oxygen atoms in total. The molecule has 0 aliphatic rings. The number of likely N-dealkylation sites (N-methyl/N-ethyl adjacent to an activating group) is 1. The average molecular weight is 820 g/mol. The Morgan fingerprint density at radius 1 is 0.517 bits per heavy atom. The van der Waals surface area contributed by atoms with Crippen molar-refractivity contribution in [3.63, 3.8) is 0 Å². The highest BCUT2D eigenvalue weighted by molar-refractivity contribution is 5.70. The number of carbonyl (C=O) groups excluding carboxylic acids is 3. The van der Waals surface area contributed by atoms with Crippen LogP contribution < -0.4 is 5.11 Å². The average Bonchev–Trinajstić information content (AvgIpc) is 3.18. The molecular weight excluding hydrogens is 731 g/mol. The highest BCUT2D eigenvalue weighted by atomic mass is 16.7. The summed E-state index contributed by atoms with van der Waals surface area (Å²) in [7, 11) is 5.90. The standard InChI is InChI=1S/C49H89NO8/c1-6-8-10-12-14-16-18-19-20-21-22-23-24-25-26-27-28-29-30-32-34-36-38-40-47(52)58-45(44-57-49(48(53)54)55-42-41-50(3,4)5)43-56-46(51)39-37-35-33-31-17-15-13-11-9-7-2/h11,13,18-19,21-22,45,49H,6-10,12,14-17,20,23-44H2,1-5H3/b13-11-,19-18-,22-21-. The van der Waals surface area contributed by atoms with Crippen molar-refractivity contribution in [3.8, 4) is 0 Å². The second kappa shape index (κ2) is 41.3. The number of ether oxygens (including phenoxy) is 4. The Kier molecular flexibility index (Phi) is 39.5. The first-order valence-corrected chi connectivity index (χ1v) is 23.6. The quantitative estimate of drug-likeness (QED) is 0.0197. The number of unbranched alkanes of at least 4 members (excludes halogenated alkanes) is 22. The van der Waals surface area contributed by atoms with E-state index in [9.17, 15) is 19.5 Å². The lowest BCUT2D eigenvalue weighted by atomic mass is 10.0. The number of hydrogen-bond donors (Lipinski definition) is 0. The Morgan fingerprint density at radius 2 is 0.966 bits per heavy atom. The van der Waals surface area contributed by atoms with Gasteiger partial charge in [-0.25, -0.2) is 0 Å². The fourth-order valence-electron chi connectivity index (χ4n) is 6.39. The predicted molar refractivity (Wildman–Crippen MR) is 237 cm³/mol. The van der Waals surface area contributed by atoms with Crippen molar-refractivity contribution in [3.05, 3.63) is 36.5 Å². The summed E-state index contributed by atoms with van der Waals surface area (Å²) in [6.45, 7) is 4.65. The molecule has 2 unspecified atom stereocenters. The minimum absolute atomic E-state index is 0.146. The Morgan fingerprint density at radius 3 is 1.45 bits per heavy atom. The molecule has 0 aliphatic heterocycles. The molecule has 0 N–H and O–H groups in total. The van der Waals surface area contributed by atoms with Crippen molar-refractivity contribution >= 4 is 17.9 Å². The van der Waals surface area contributed by atoms with Gasteiger partial charge in [0, 0.05) is 12.8 Å². The van der Waals surface area contributed by atoms with Crippen LogP contribution in [-0.2, 0) is 33.3 Å². The Hall–Kier alpha value is -2.49. The summed E-state index contributed by atoms with van der Waals surface area (Å²) in [5.41, 5.74) is 0. The van der Waals surface area contributed by atoms with E-state index < -0.39 is 24.3 Å². The molecule has 0 aromatic heterocycles. The number of carboxylic acid groups (broad SMARTS) is 1. The summed E-state index contributed by atoms with van der Waals surface area (Å²) in [4.78, 5) is 36.9. The normalized spacial score (nSPS) is 13.2. The van der Waals surface area contributed by atoms with Gasteiger partial charge in [0.15, 0.2) is 12.4 Å². The van der Waals surface area contributed by atoms with E-state index in [2.05, 4.69) is 50.3 Å². The molecule has 338 valence electrons. The summed E-state index contributed by atoms with van der Waals surface area (Å²) in [5, 5.41) is 11.7. The third-order valence-electron chi connectivity index (χ3n) is 10.1. The molecule has 0 radical (unpaired) electrons. The molecule has 0 heterocycles. The smallest absolute Gasteiger partial charge is 0.306 e. The first-order valence-electron chi connectivity index (χ1n) is 23.6. The van der Waals surface area contributed by atoms with Crippen LogP contribution in [0, 0.1) is 0 Å². The van der Waals surface area contributed by atoms with Crippen LogP contribution in [0.15, 0.2) is 36.5 Å². The van der Waals surface area contributed by atoms with Gasteiger partial charge in [0.1, 0.15) is 13.2 Å². The number of esters is 2. The molecule has 0 amide bonds. The first kappa shape index (κ1) is 55.5. The SMILES string of the molecule is CCC/C=C\CCCCCCCC(=O)OCC(COC(OCC[N+](C)(C)C)C(=O)[O-])OC(=O)CCCCCCCCCCCCC/C=C\C/C=C\CCCCCCC. The second-order valence-corrected chi connectivity index (χ2v) is 17.0. The fraction of sp³-hybridized carbons (Fsp3) is 0.816. The van der Waals surface area contributed by atoms with Crippen LogP contribution in [-0.4, -0.2) is 82.3 Å². The summed E-state index contributed by atoms with van der Waals surface area (Å²) < 4.78 is 22.5. The number of allylic oxidation sites excluding steroid dienone is 6. The molecule has 0 bridgehead atoms. The molecule has 0 aromatic rings. The molecule has 0 saturated carbocycles. The summed E-state index contributed by atoms with van der Waals surface area (Å²) in [5.74, 6) is -2.30. The summed E-state index contributed by atoms with van der Waals surface area (Å²) in [6, 6.07) is 0. The summed E-state index contributed by atoms with van der Waals surface area (Å²) >= 11 is 0. The topological polar surface area (TPSA) is 111 Å². The van der Waals surface area contributed by atoms with E-state index in [0.717, 1.165) is 70.6 Å². The monoisotopic (exact) mass is 820 g/mol. The molecule has 0 aromatic carbocycles. The molecule has 2 atom stereocenters. The number of rotatable bonds is 43. The molecule has 0 spiro atoms. The van der Waals surface area contributed by atoms with Gasteiger partial charge in [0.2, 0.25) is 0 Å². The zero-order valence-electron chi connectivity index (χ0n) is 38.2. The zero-order valence-corrected chi connectivity index (χ0v) is 38.2. The van der Waals surface area contributed by atoms with Crippen LogP contribution >= 0.6 is 0 Å². The third-order valence-corrected chi connectivity index (χ3v) is 10.1. The van der Waals surface area contributed by atoms with Gasteiger partial charge in [-0.2, -0.15) is 0 Å². The van der Waals surface area contributed by atoms with E-state index in [-0.39, 0.29) is 38.6 Å². The van der Waals surface area contributed by atoms with Gasteiger partial charge in [-0.15, -0.1) is 0 Å². The Bertz CT molecular complexity index is 1050. The van der Waals surface area contributed by atoms with Gasteiger partial charge in [0.25, 0.3) is 0 Å². The van der Waals surface area contributed by atoms with E-state index in [0.29, 0.717) is 17.4 Å². The van der Waals surface area contributed by atoms with E-state index in [4.69, 9.17) is 18.9 Å². The van der Waals surface area contributed by atoms with Crippen LogP contribution in [0.2, 0.25) is 0 Å². The predicted octanol–water partition coefficient (Wildman–Crippen LogP) is 11.3. The molecule has 0 fully saturated rings. The third kappa shape index (κ3) is 41.7. The number of carbonyl (C=O) groups is 3. The van der Waals surface area contributed by atoms with Crippen molar-refractivity contribution in [1.82, 2.24) is 0 Å². The molecule has 58 heavy (non-hydrogen) atoms. The minimum Gasteiger partial charge on any atom is -0.545 e. The van der Waals surface area contributed by atoms with Gasteiger partial charge in [-0.3, -0.25) is 9.59 Å². The number of aliphatic carboxylic acids is 1. The number of nitrogens with zero attached hydrogens (tertiary/aromatic N) is 1. The largest absolute Gasteiger partial charge is 0.545 e. The lowest BCUT2D eigenvalue weighted by Crippen LogP contribution is -2.44. The van der Waals surface area contributed by atoms with Gasteiger partial charge in [-0.05, 0) is 64.2 Å². The number of carboxylic acids is 1. The molecule has 0 saturated heterocycles. The second-order valence-electron chi connectivity index (χ2n) is 17.0. The van der Waals surface area contributed by atoms with Crippen LogP contribution in [0.1, 0.15) is 200 Å². The molecule has 0 aliphatic carbocycles. The molecular formula is C49H89NO8. The maximum Gasteiger partial charge on any atom is 0.306 e. The van der Waals surface area contributed by atoms with E-state index in [1.165, 1.54) is 96.3 Å². The van der Waals surface area contributed by atoms with E-state index >= 15 is 0 Å². The highest BCUT2D eigenvalue weighted by Crippen LogP contribution is 2.14. The fourth-order valence-corrected chi connectivity index (χ4v) is 6.39. The van der Waals surface area contributed by atoms with Crippen molar-refractivity contribution in [2.24, 2.45) is 0 Å². The lowest BCUT2D eigenvalue weighted by molar-refractivity contribution is -0.870. The van der Waals surface area contributed by atoms with Crippen LogP contribution in [0.4, 0.5) is 0 Å². The van der Waals surface area contributed by atoms with E-state index in [1.807, 2.05) is 21.1 Å². The van der Waals surface area contributed by atoms with Gasteiger partial charge >= 0.3 is 11.9 Å². The Balaban J connectivity index is 4.29. The molecule has 0 rings (SSSR count). The van der Waals surface area contributed by atoms with Crippen LogP contribution in [0.3, 0.4) is 0 Å². The Labute approximate surface area is 356 Å². The number of quaternary nitrogens is 1. The van der Waals surface area contributed by atoms with Crippen LogP contribution in [0.5, 0.6) is 0 Å². The van der Waals surface area contributed by atoms with Gasteiger partial charge in [0.05, 0.1) is 40.3 Å². The minimum atomic E-state index is -1.62.